The molecule has 0 spiro atoms. The fraction of sp³-hybridized carbons (Fsp3) is 0.263. The van der Waals surface area contributed by atoms with Gasteiger partial charge in [-0.2, -0.15) is 10.2 Å². The van der Waals surface area contributed by atoms with Crippen molar-refractivity contribution < 1.29 is 13.2 Å². The van der Waals surface area contributed by atoms with Crippen molar-refractivity contribution in [3.8, 4) is 5.82 Å². The number of aromatic amines is 1. The van der Waals surface area contributed by atoms with Gasteiger partial charge in [-0.05, 0) is 31.0 Å². The second kappa shape index (κ2) is 7.75. The molecule has 2 N–H and O–H groups in total. The van der Waals surface area contributed by atoms with Crippen molar-refractivity contribution in [1.82, 2.24) is 25.3 Å². The van der Waals surface area contributed by atoms with E-state index in [-0.39, 0.29) is 17.9 Å². The van der Waals surface area contributed by atoms with Crippen LogP contribution in [0.5, 0.6) is 0 Å². The average Bonchev–Trinajstić information content (AvgIpc) is 3.33. The van der Waals surface area contributed by atoms with Gasteiger partial charge in [-0.1, -0.05) is 18.2 Å². The Kier molecular flexibility index (Phi) is 5.12. The second-order valence-electron chi connectivity index (χ2n) is 6.86. The molecular weight excluding hydrogens is 408 g/mol. The number of amides is 1. The third-order valence-electron chi connectivity index (χ3n) is 4.96. The van der Waals surface area contributed by atoms with Gasteiger partial charge < -0.3 is 5.32 Å². The molecule has 0 radical (unpaired) electrons. The first-order valence-electron chi connectivity index (χ1n) is 9.34. The number of nitrogens with one attached hydrogen (secondary N) is 2. The summed E-state index contributed by atoms with van der Waals surface area (Å²) in [5.41, 5.74) is 2.18. The van der Waals surface area contributed by atoms with Gasteiger partial charge in [0.05, 0.1) is 28.9 Å². The van der Waals surface area contributed by atoms with Crippen molar-refractivity contribution >= 4 is 21.6 Å². The van der Waals surface area contributed by atoms with Gasteiger partial charge in [0.1, 0.15) is 0 Å². The highest BCUT2D eigenvalue weighted by atomic mass is 32.2. The van der Waals surface area contributed by atoms with Crippen LogP contribution in [0.3, 0.4) is 0 Å². The van der Waals surface area contributed by atoms with Gasteiger partial charge in [0.2, 0.25) is 10.0 Å². The van der Waals surface area contributed by atoms with Crippen LogP contribution in [0.2, 0.25) is 0 Å². The van der Waals surface area contributed by atoms with Gasteiger partial charge in [-0.15, -0.1) is 0 Å². The van der Waals surface area contributed by atoms with E-state index in [1.807, 2.05) is 18.2 Å². The van der Waals surface area contributed by atoms with Crippen LogP contribution in [-0.2, 0) is 16.4 Å². The van der Waals surface area contributed by atoms with Crippen molar-refractivity contribution in [2.75, 3.05) is 23.1 Å². The summed E-state index contributed by atoms with van der Waals surface area (Å²) in [7, 11) is -3.55. The van der Waals surface area contributed by atoms with Crippen LogP contribution in [0, 0.1) is 6.92 Å². The number of carbonyl (C=O) groups is 1. The molecule has 156 valence electrons. The quantitative estimate of drug-likeness (QED) is 0.584. The number of benzene rings is 1. The van der Waals surface area contributed by atoms with E-state index in [0.717, 1.165) is 5.56 Å². The fourth-order valence-electron chi connectivity index (χ4n) is 3.41. The number of anilines is 1. The minimum Gasteiger partial charge on any atom is -0.351 e. The van der Waals surface area contributed by atoms with Crippen molar-refractivity contribution in [2.45, 2.75) is 13.3 Å². The summed E-state index contributed by atoms with van der Waals surface area (Å²) in [6.07, 6.45) is 2.06. The minimum atomic E-state index is -3.55. The van der Waals surface area contributed by atoms with Gasteiger partial charge in [0.15, 0.2) is 5.82 Å². The molecule has 0 saturated carbocycles. The maximum absolute atomic E-state index is 12.7. The number of nitrogens with zero attached hydrogens (tertiary/aromatic N) is 4. The topological polar surface area (TPSA) is 130 Å². The molecule has 3 aromatic rings. The average molecular weight is 428 g/mol. The highest BCUT2D eigenvalue weighted by molar-refractivity contribution is 7.92. The molecule has 1 amide bonds. The Morgan fingerprint density at radius 1 is 1.23 bits per heavy atom. The van der Waals surface area contributed by atoms with Gasteiger partial charge in [0.25, 0.3) is 11.5 Å². The molecule has 2 aromatic heterocycles. The molecule has 0 saturated heterocycles. The van der Waals surface area contributed by atoms with Crippen molar-refractivity contribution in [1.29, 1.82) is 0 Å². The van der Waals surface area contributed by atoms with Crippen LogP contribution >= 0.6 is 0 Å². The van der Waals surface area contributed by atoms with Crippen LogP contribution in [-0.4, -0.2) is 53.1 Å². The first-order valence-corrected chi connectivity index (χ1v) is 10.9. The van der Waals surface area contributed by atoms with Gasteiger partial charge in [-0.25, -0.2) is 18.2 Å². The zero-order chi connectivity index (χ0) is 21.3. The smallest absolute Gasteiger partial charge is 0.264 e. The molecule has 30 heavy (non-hydrogen) atoms. The number of para-hydroxylation sites is 1. The maximum atomic E-state index is 12.7. The number of hydrogen-bond donors (Lipinski definition) is 2. The zero-order valence-electron chi connectivity index (χ0n) is 16.2. The highest BCUT2D eigenvalue weighted by Crippen LogP contribution is 2.29. The van der Waals surface area contributed by atoms with Crippen LogP contribution in [0.4, 0.5) is 5.69 Å². The second-order valence-corrected chi connectivity index (χ2v) is 8.87. The Labute approximate surface area is 172 Å². The van der Waals surface area contributed by atoms with E-state index < -0.39 is 15.9 Å². The van der Waals surface area contributed by atoms with Gasteiger partial charge in [-0.3, -0.25) is 13.9 Å². The Bertz CT molecular complexity index is 1240. The molecule has 1 aromatic carbocycles. The van der Waals surface area contributed by atoms with E-state index in [4.69, 9.17) is 0 Å². The lowest BCUT2D eigenvalue weighted by Crippen LogP contribution is -2.37. The summed E-state index contributed by atoms with van der Waals surface area (Å²) < 4.78 is 28.3. The number of fused-ring (bicyclic) bond motifs is 1. The third-order valence-corrected chi connectivity index (χ3v) is 6.73. The number of sulfonamides is 1. The summed E-state index contributed by atoms with van der Waals surface area (Å²) in [5.74, 6) is -0.275. The summed E-state index contributed by atoms with van der Waals surface area (Å²) >= 11 is 0. The zero-order valence-corrected chi connectivity index (χ0v) is 17.0. The summed E-state index contributed by atoms with van der Waals surface area (Å²) in [6, 6.07) is 10.2. The SMILES string of the molecule is Cc1c(C(=O)NCCS(=O)(=O)N2CCc3ccccc32)cnn1-c1ccc(=O)[nH]n1. The summed E-state index contributed by atoms with van der Waals surface area (Å²) in [4.78, 5) is 23.7. The number of aromatic nitrogens is 4. The molecule has 0 atom stereocenters. The molecule has 0 bridgehead atoms. The number of carbonyl (C=O) groups excluding carboxylic acids is 1. The van der Waals surface area contributed by atoms with E-state index in [2.05, 4.69) is 20.6 Å². The van der Waals surface area contributed by atoms with Crippen molar-refractivity contribution in [3.05, 3.63) is 69.8 Å². The Morgan fingerprint density at radius 2 is 2.03 bits per heavy atom. The lowest BCUT2D eigenvalue weighted by atomic mass is 10.2. The van der Waals surface area contributed by atoms with E-state index >= 15 is 0 Å². The van der Waals surface area contributed by atoms with Crippen molar-refractivity contribution in [2.24, 2.45) is 0 Å². The molecule has 1 aliphatic rings. The first-order chi connectivity index (χ1) is 14.4. The first kappa shape index (κ1) is 19.8. The Hall–Kier alpha value is -3.47. The summed E-state index contributed by atoms with van der Waals surface area (Å²) in [5, 5.41) is 13.0. The fourth-order valence-corrected chi connectivity index (χ4v) is 4.84. The summed E-state index contributed by atoms with van der Waals surface area (Å²) in [6.45, 7) is 2.07. The molecule has 0 aliphatic carbocycles. The molecule has 4 rings (SSSR count). The Morgan fingerprint density at radius 3 is 2.80 bits per heavy atom. The molecule has 1 aliphatic heterocycles. The molecule has 3 heterocycles. The molecule has 0 fully saturated rings. The van der Waals surface area contributed by atoms with Gasteiger partial charge in [0, 0.05) is 19.2 Å². The maximum Gasteiger partial charge on any atom is 0.264 e. The third kappa shape index (κ3) is 3.71. The van der Waals surface area contributed by atoms with Crippen LogP contribution in [0.15, 0.2) is 47.4 Å². The number of H-pyrrole nitrogens is 1. The standard InChI is InChI=1S/C19H20N6O4S/c1-13-15(12-21-25(13)17-6-7-18(26)23-22-17)19(27)20-9-11-30(28,29)24-10-8-14-4-2-3-5-16(14)24/h2-7,12H,8-11H2,1H3,(H,20,27)(H,23,26). The molecule has 11 heteroatoms. The van der Waals surface area contributed by atoms with E-state index in [0.29, 0.717) is 35.7 Å². The van der Waals surface area contributed by atoms with Gasteiger partial charge >= 0.3 is 0 Å². The minimum absolute atomic E-state index is 0.0264. The number of hydrogen-bond acceptors (Lipinski definition) is 6. The molecular formula is C19H20N6O4S. The van der Waals surface area contributed by atoms with Crippen LogP contribution in [0.25, 0.3) is 5.82 Å². The molecule has 0 unspecified atom stereocenters. The largest absolute Gasteiger partial charge is 0.351 e. The lowest BCUT2D eigenvalue weighted by Gasteiger charge is -2.19. The number of rotatable bonds is 6. The predicted octanol–water partition coefficient (Wildman–Crippen LogP) is 0.386. The van der Waals surface area contributed by atoms with Crippen LogP contribution < -0.4 is 15.2 Å². The Balaban J connectivity index is 1.41. The highest BCUT2D eigenvalue weighted by Gasteiger charge is 2.29. The van der Waals surface area contributed by atoms with Crippen molar-refractivity contribution in [3.63, 3.8) is 0 Å². The van der Waals surface area contributed by atoms with E-state index in [1.165, 1.54) is 27.3 Å². The van der Waals surface area contributed by atoms with E-state index in [9.17, 15) is 18.0 Å². The lowest BCUT2D eigenvalue weighted by molar-refractivity contribution is 0.0955. The monoisotopic (exact) mass is 428 g/mol. The normalized spacial score (nSPS) is 13.3. The van der Waals surface area contributed by atoms with E-state index in [1.54, 1.807) is 13.0 Å². The van der Waals surface area contributed by atoms with Crippen LogP contribution in [0.1, 0.15) is 21.6 Å². The molecule has 10 nitrogen and oxygen atoms in total. The predicted molar refractivity (Wildman–Crippen MR) is 110 cm³/mol.